The van der Waals surface area contributed by atoms with Crippen LogP contribution in [0.1, 0.15) is 25.3 Å². The molecule has 1 fully saturated rings. The second-order valence-electron chi connectivity index (χ2n) is 5.50. The zero-order chi connectivity index (χ0) is 14.6. The van der Waals surface area contributed by atoms with Crippen molar-refractivity contribution in [3.8, 4) is 0 Å². The third-order valence-corrected chi connectivity index (χ3v) is 3.99. The summed E-state index contributed by atoms with van der Waals surface area (Å²) < 4.78 is 5.94. The molecule has 1 aromatic rings. The van der Waals surface area contributed by atoms with Crippen LogP contribution in [0.3, 0.4) is 0 Å². The Morgan fingerprint density at radius 2 is 2.20 bits per heavy atom. The Balaban J connectivity index is 2.42. The van der Waals surface area contributed by atoms with Gasteiger partial charge in [0, 0.05) is 25.4 Å². The van der Waals surface area contributed by atoms with Crippen LogP contribution in [0.15, 0.2) is 43.0 Å². The van der Waals surface area contributed by atoms with Crippen LogP contribution in [0.4, 0.5) is 0 Å². The van der Waals surface area contributed by atoms with Gasteiger partial charge in [-0.15, -0.1) is 6.58 Å². The molecule has 1 aliphatic heterocycles. The molecule has 3 nitrogen and oxygen atoms in total. The molecule has 0 bridgehead atoms. The van der Waals surface area contributed by atoms with Gasteiger partial charge >= 0.3 is 5.97 Å². The van der Waals surface area contributed by atoms with Crippen molar-refractivity contribution in [2.45, 2.75) is 25.4 Å². The predicted octanol–water partition coefficient (Wildman–Crippen LogP) is 2.97. The molecule has 2 atom stereocenters. The fourth-order valence-electron chi connectivity index (χ4n) is 3.08. The molecule has 0 spiro atoms. The van der Waals surface area contributed by atoms with E-state index in [4.69, 9.17) is 4.74 Å². The zero-order valence-corrected chi connectivity index (χ0v) is 12.3. The Bertz CT molecular complexity index is 471. The average Bonchev–Trinajstić information content (AvgIpc) is 2.77. The maximum atomic E-state index is 11.9. The van der Waals surface area contributed by atoms with Crippen LogP contribution in [0.25, 0.3) is 0 Å². The maximum Gasteiger partial charge on any atom is 0.306 e. The second kappa shape index (κ2) is 6.23. The van der Waals surface area contributed by atoms with Crippen LogP contribution in [0.2, 0.25) is 0 Å². The molecule has 1 aromatic carbocycles. The SMILES string of the molecule is C=CCC1CN(C)CC1(OC(=O)CC)c1ccccc1. The van der Waals surface area contributed by atoms with Crippen molar-refractivity contribution in [2.75, 3.05) is 20.1 Å². The van der Waals surface area contributed by atoms with Gasteiger partial charge in [-0.2, -0.15) is 0 Å². The van der Waals surface area contributed by atoms with Gasteiger partial charge in [0.15, 0.2) is 5.60 Å². The number of nitrogens with zero attached hydrogens (tertiary/aromatic N) is 1. The number of benzene rings is 1. The lowest BCUT2D eigenvalue weighted by atomic mass is 9.82. The van der Waals surface area contributed by atoms with E-state index in [0.29, 0.717) is 6.42 Å². The number of likely N-dealkylation sites (N-methyl/N-ethyl adjacent to an activating group) is 1. The Kier molecular flexibility index (Phi) is 4.61. The van der Waals surface area contributed by atoms with E-state index >= 15 is 0 Å². The van der Waals surface area contributed by atoms with Gasteiger partial charge < -0.3 is 9.64 Å². The van der Waals surface area contributed by atoms with Crippen molar-refractivity contribution in [3.05, 3.63) is 48.6 Å². The molecule has 0 aliphatic carbocycles. The highest BCUT2D eigenvalue weighted by atomic mass is 16.6. The highest BCUT2D eigenvalue weighted by Crippen LogP contribution is 2.42. The summed E-state index contributed by atoms with van der Waals surface area (Å²) in [7, 11) is 2.07. The van der Waals surface area contributed by atoms with Gasteiger partial charge in [0.05, 0.1) is 0 Å². The molecule has 2 unspecified atom stereocenters. The molecule has 1 aliphatic rings. The van der Waals surface area contributed by atoms with E-state index in [1.54, 1.807) is 0 Å². The Hall–Kier alpha value is -1.61. The molecule has 0 saturated carbocycles. The van der Waals surface area contributed by atoms with E-state index < -0.39 is 5.60 Å². The molecule has 2 rings (SSSR count). The van der Waals surface area contributed by atoms with Gasteiger partial charge in [-0.1, -0.05) is 43.3 Å². The highest BCUT2D eigenvalue weighted by molar-refractivity contribution is 5.70. The van der Waals surface area contributed by atoms with E-state index in [0.717, 1.165) is 25.1 Å². The highest BCUT2D eigenvalue weighted by Gasteiger charge is 2.49. The molecular formula is C17H23NO2. The first-order valence-electron chi connectivity index (χ1n) is 7.19. The van der Waals surface area contributed by atoms with Gasteiger partial charge in [0.25, 0.3) is 0 Å². The molecule has 20 heavy (non-hydrogen) atoms. The lowest BCUT2D eigenvalue weighted by molar-refractivity contribution is -0.163. The number of carbonyl (C=O) groups is 1. The van der Waals surface area contributed by atoms with Crippen LogP contribution in [-0.2, 0) is 15.1 Å². The summed E-state index contributed by atoms with van der Waals surface area (Å²) in [6.07, 6.45) is 3.16. The first kappa shape index (κ1) is 14.8. The summed E-state index contributed by atoms with van der Waals surface area (Å²) in [5.74, 6) is 0.112. The smallest absolute Gasteiger partial charge is 0.306 e. The van der Waals surface area contributed by atoms with Crippen LogP contribution in [0, 0.1) is 5.92 Å². The first-order chi connectivity index (χ1) is 9.62. The average molecular weight is 273 g/mol. The van der Waals surface area contributed by atoms with Crippen molar-refractivity contribution >= 4 is 5.97 Å². The van der Waals surface area contributed by atoms with Crippen LogP contribution >= 0.6 is 0 Å². The lowest BCUT2D eigenvalue weighted by Gasteiger charge is -2.34. The molecule has 0 amide bonds. The fourth-order valence-corrected chi connectivity index (χ4v) is 3.08. The molecule has 108 valence electrons. The lowest BCUT2D eigenvalue weighted by Crippen LogP contribution is -2.40. The molecule has 0 N–H and O–H groups in total. The molecule has 0 aromatic heterocycles. The summed E-state index contributed by atoms with van der Waals surface area (Å²) >= 11 is 0. The number of hydrogen-bond donors (Lipinski definition) is 0. The van der Waals surface area contributed by atoms with Crippen molar-refractivity contribution in [1.29, 1.82) is 0 Å². The second-order valence-corrected chi connectivity index (χ2v) is 5.50. The molecular weight excluding hydrogens is 250 g/mol. The van der Waals surface area contributed by atoms with Gasteiger partial charge in [-0.05, 0) is 19.0 Å². The van der Waals surface area contributed by atoms with Crippen LogP contribution in [0.5, 0.6) is 0 Å². The fraction of sp³-hybridized carbons (Fsp3) is 0.471. The summed E-state index contributed by atoms with van der Waals surface area (Å²) in [6.45, 7) is 7.34. The number of ether oxygens (including phenoxy) is 1. The summed E-state index contributed by atoms with van der Waals surface area (Å²) in [4.78, 5) is 14.2. The molecule has 3 heteroatoms. The molecule has 1 saturated heterocycles. The third kappa shape index (κ3) is 2.78. The first-order valence-corrected chi connectivity index (χ1v) is 7.19. The Labute approximate surface area is 121 Å². The topological polar surface area (TPSA) is 29.5 Å². The number of esters is 1. The van der Waals surface area contributed by atoms with E-state index in [1.165, 1.54) is 0 Å². The van der Waals surface area contributed by atoms with Crippen molar-refractivity contribution in [2.24, 2.45) is 5.92 Å². The Morgan fingerprint density at radius 3 is 2.80 bits per heavy atom. The van der Waals surface area contributed by atoms with E-state index in [9.17, 15) is 4.79 Å². The minimum atomic E-state index is -0.544. The van der Waals surface area contributed by atoms with Crippen molar-refractivity contribution in [1.82, 2.24) is 4.90 Å². The monoisotopic (exact) mass is 273 g/mol. The predicted molar refractivity (Wildman–Crippen MR) is 80.3 cm³/mol. The minimum Gasteiger partial charge on any atom is -0.452 e. The largest absolute Gasteiger partial charge is 0.452 e. The van der Waals surface area contributed by atoms with E-state index in [1.807, 2.05) is 31.2 Å². The van der Waals surface area contributed by atoms with E-state index in [-0.39, 0.29) is 11.9 Å². The van der Waals surface area contributed by atoms with Crippen molar-refractivity contribution < 1.29 is 9.53 Å². The zero-order valence-electron chi connectivity index (χ0n) is 12.3. The number of carbonyl (C=O) groups excluding carboxylic acids is 1. The third-order valence-electron chi connectivity index (χ3n) is 3.99. The summed E-state index contributed by atoms with van der Waals surface area (Å²) in [5.41, 5.74) is 0.537. The standard InChI is InChI=1S/C17H23NO2/c1-4-9-15-12-18(3)13-17(15,20-16(19)5-2)14-10-7-6-8-11-14/h4,6-8,10-11,15H,1,5,9,12-13H2,2-3H3. The number of likely N-dealkylation sites (tertiary alicyclic amines) is 1. The molecule has 0 radical (unpaired) electrons. The van der Waals surface area contributed by atoms with Crippen LogP contribution < -0.4 is 0 Å². The van der Waals surface area contributed by atoms with Gasteiger partial charge in [0.2, 0.25) is 0 Å². The normalized spacial score (nSPS) is 26.4. The van der Waals surface area contributed by atoms with Crippen LogP contribution in [-0.4, -0.2) is 31.0 Å². The summed E-state index contributed by atoms with van der Waals surface area (Å²) in [6, 6.07) is 10.1. The molecule has 1 heterocycles. The quantitative estimate of drug-likeness (QED) is 0.610. The maximum absolute atomic E-state index is 11.9. The van der Waals surface area contributed by atoms with Crippen molar-refractivity contribution in [3.63, 3.8) is 0 Å². The van der Waals surface area contributed by atoms with Gasteiger partial charge in [-0.3, -0.25) is 4.79 Å². The Morgan fingerprint density at radius 1 is 1.50 bits per heavy atom. The van der Waals surface area contributed by atoms with E-state index in [2.05, 4.69) is 30.7 Å². The summed E-state index contributed by atoms with van der Waals surface area (Å²) in [5, 5.41) is 0. The minimum absolute atomic E-state index is 0.141. The van der Waals surface area contributed by atoms with Gasteiger partial charge in [-0.25, -0.2) is 0 Å². The number of allylic oxidation sites excluding steroid dienone is 1. The van der Waals surface area contributed by atoms with Gasteiger partial charge in [0.1, 0.15) is 0 Å². The number of rotatable bonds is 5. The number of hydrogen-bond acceptors (Lipinski definition) is 3.